The first kappa shape index (κ1) is 12.2. The Kier molecular flexibility index (Phi) is 4.05. The molecule has 0 aliphatic rings. The largest absolute Gasteiger partial charge is 0.476 e. The molecule has 1 rings (SSSR count). The average molecular weight is 220 g/mol. The Morgan fingerprint density at radius 3 is 2.81 bits per heavy atom. The van der Waals surface area contributed by atoms with Crippen molar-refractivity contribution < 1.29 is 9.90 Å². The van der Waals surface area contributed by atoms with Gasteiger partial charge >= 0.3 is 5.97 Å². The molecule has 86 valence electrons. The summed E-state index contributed by atoms with van der Waals surface area (Å²) in [4.78, 5) is 16.8. The van der Waals surface area contributed by atoms with Crippen LogP contribution in [0.5, 0.6) is 0 Å². The molecule has 0 fully saturated rings. The SMILES string of the molecule is C=C(C)CN(CC)c1cccnc1C(=O)O. The number of carboxylic acid groups (broad SMARTS) is 1. The second-order valence-electron chi connectivity index (χ2n) is 3.65. The number of nitrogens with zero attached hydrogens (tertiary/aromatic N) is 2. The first-order valence-electron chi connectivity index (χ1n) is 5.14. The topological polar surface area (TPSA) is 53.4 Å². The zero-order chi connectivity index (χ0) is 12.1. The second kappa shape index (κ2) is 5.30. The lowest BCUT2D eigenvalue weighted by atomic mass is 10.2. The molecule has 1 aromatic rings. The number of aromatic carboxylic acids is 1. The van der Waals surface area contributed by atoms with Crippen molar-refractivity contribution in [2.45, 2.75) is 13.8 Å². The third-order valence-corrected chi connectivity index (χ3v) is 2.17. The summed E-state index contributed by atoms with van der Waals surface area (Å²) in [7, 11) is 0. The molecule has 4 nitrogen and oxygen atoms in total. The molecule has 0 atom stereocenters. The summed E-state index contributed by atoms with van der Waals surface area (Å²) in [5.41, 5.74) is 1.72. The molecular weight excluding hydrogens is 204 g/mol. The number of carbonyl (C=O) groups is 1. The maximum Gasteiger partial charge on any atom is 0.356 e. The van der Waals surface area contributed by atoms with Crippen LogP contribution in [0.15, 0.2) is 30.5 Å². The van der Waals surface area contributed by atoms with Crippen LogP contribution in [-0.2, 0) is 0 Å². The number of pyridine rings is 1. The second-order valence-corrected chi connectivity index (χ2v) is 3.65. The van der Waals surface area contributed by atoms with Gasteiger partial charge in [-0.25, -0.2) is 9.78 Å². The van der Waals surface area contributed by atoms with Gasteiger partial charge in [-0.05, 0) is 26.0 Å². The lowest BCUT2D eigenvalue weighted by Gasteiger charge is -2.24. The molecule has 0 amide bonds. The highest BCUT2D eigenvalue weighted by Gasteiger charge is 2.15. The molecule has 16 heavy (non-hydrogen) atoms. The Hall–Kier alpha value is -1.84. The molecule has 0 saturated heterocycles. The van der Waals surface area contributed by atoms with Crippen molar-refractivity contribution in [3.8, 4) is 0 Å². The van der Waals surface area contributed by atoms with Crippen molar-refractivity contribution in [2.24, 2.45) is 0 Å². The summed E-state index contributed by atoms with van der Waals surface area (Å²) in [6.07, 6.45) is 1.49. The van der Waals surface area contributed by atoms with E-state index in [1.807, 2.05) is 18.7 Å². The summed E-state index contributed by atoms with van der Waals surface area (Å²) in [6.45, 7) is 9.09. The highest BCUT2D eigenvalue weighted by Crippen LogP contribution is 2.18. The lowest BCUT2D eigenvalue weighted by molar-refractivity contribution is 0.0691. The normalized spacial score (nSPS) is 9.88. The Bertz CT molecular complexity index is 402. The molecule has 1 N–H and O–H groups in total. The molecule has 0 aliphatic carbocycles. The minimum atomic E-state index is -1.00. The van der Waals surface area contributed by atoms with E-state index in [1.54, 1.807) is 12.1 Å². The van der Waals surface area contributed by atoms with Crippen molar-refractivity contribution in [1.29, 1.82) is 0 Å². The summed E-state index contributed by atoms with van der Waals surface area (Å²) >= 11 is 0. The van der Waals surface area contributed by atoms with E-state index in [1.165, 1.54) is 6.20 Å². The van der Waals surface area contributed by atoms with E-state index in [0.29, 0.717) is 12.2 Å². The number of rotatable bonds is 5. The van der Waals surface area contributed by atoms with Gasteiger partial charge in [-0.2, -0.15) is 0 Å². The maximum absolute atomic E-state index is 11.0. The zero-order valence-electron chi connectivity index (χ0n) is 9.60. The summed E-state index contributed by atoms with van der Waals surface area (Å²) < 4.78 is 0. The molecule has 0 aromatic carbocycles. The van der Waals surface area contributed by atoms with Gasteiger partial charge in [0.25, 0.3) is 0 Å². The van der Waals surface area contributed by atoms with Gasteiger partial charge in [0, 0.05) is 19.3 Å². The van der Waals surface area contributed by atoms with Gasteiger partial charge < -0.3 is 10.0 Å². The van der Waals surface area contributed by atoms with Gasteiger partial charge in [-0.3, -0.25) is 0 Å². The molecule has 0 radical (unpaired) electrons. The fourth-order valence-electron chi connectivity index (χ4n) is 1.51. The maximum atomic E-state index is 11.0. The third kappa shape index (κ3) is 2.82. The van der Waals surface area contributed by atoms with Gasteiger partial charge in [0.15, 0.2) is 5.69 Å². The van der Waals surface area contributed by atoms with E-state index in [-0.39, 0.29) is 5.69 Å². The van der Waals surface area contributed by atoms with E-state index in [9.17, 15) is 4.79 Å². The van der Waals surface area contributed by atoms with Crippen LogP contribution >= 0.6 is 0 Å². The number of likely N-dealkylation sites (N-methyl/N-ethyl adjacent to an activating group) is 1. The summed E-state index contributed by atoms with van der Waals surface area (Å²) in [6, 6.07) is 3.51. The van der Waals surface area contributed by atoms with Crippen LogP contribution in [0.2, 0.25) is 0 Å². The van der Waals surface area contributed by atoms with Gasteiger partial charge in [0.1, 0.15) is 0 Å². The lowest BCUT2D eigenvalue weighted by Crippen LogP contribution is -2.26. The van der Waals surface area contributed by atoms with Crippen LogP contribution in [0.25, 0.3) is 0 Å². The molecule has 0 saturated carbocycles. The molecule has 1 aromatic heterocycles. The Morgan fingerprint density at radius 2 is 2.31 bits per heavy atom. The van der Waals surface area contributed by atoms with E-state index in [2.05, 4.69) is 11.6 Å². The van der Waals surface area contributed by atoms with Crippen molar-refractivity contribution in [3.05, 3.63) is 36.2 Å². The van der Waals surface area contributed by atoms with Crippen molar-refractivity contribution in [3.63, 3.8) is 0 Å². The monoisotopic (exact) mass is 220 g/mol. The van der Waals surface area contributed by atoms with Gasteiger partial charge in [0.2, 0.25) is 0 Å². The smallest absolute Gasteiger partial charge is 0.356 e. The van der Waals surface area contributed by atoms with Crippen LogP contribution in [0.1, 0.15) is 24.3 Å². The number of anilines is 1. The van der Waals surface area contributed by atoms with Crippen molar-refractivity contribution in [2.75, 3.05) is 18.0 Å². The number of hydrogen-bond donors (Lipinski definition) is 1. The third-order valence-electron chi connectivity index (χ3n) is 2.17. The van der Waals surface area contributed by atoms with E-state index < -0.39 is 5.97 Å². The average Bonchev–Trinajstić information content (AvgIpc) is 2.25. The zero-order valence-corrected chi connectivity index (χ0v) is 9.60. The predicted octanol–water partition coefficient (Wildman–Crippen LogP) is 2.18. The first-order chi connectivity index (χ1) is 7.56. The minimum absolute atomic E-state index is 0.0885. The quantitative estimate of drug-likeness (QED) is 0.773. The Morgan fingerprint density at radius 1 is 1.62 bits per heavy atom. The van der Waals surface area contributed by atoms with Crippen LogP contribution in [0.4, 0.5) is 5.69 Å². The predicted molar refractivity (Wildman–Crippen MR) is 63.9 cm³/mol. The molecule has 0 bridgehead atoms. The number of aromatic nitrogens is 1. The van der Waals surface area contributed by atoms with Crippen LogP contribution < -0.4 is 4.90 Å². The van der Waals surface area contributed by atoms with E-state index in [4.69, 9.17) is 5.11 Å². The highest BCUT2D eigenvalue weighted by molar-refractivity contribution is 5.92. The van der Waals surface area contributed by atoms with Crippen molar-refractivity contribution >= 4 is 11.7 Å². The van der Waals surface area contributed by atoms with E-state index >= 15 is 0 Å². The number of carboxylic acids is 1. The van der Waals surface area contributed by atoms with Crippen LogP contribution in [0.3, 0.4) is 0 Å². The van der Waals surface area contributed by atoms with Gasteiger partial charge in [-0.15, -0.1) is 0 Å². The molecule has 0 aliphatic heterocycles. The fourth-order valence-corrected chi connectivity index (χ4v) is 1.51. The first-order valence-corrected chi connectivity index (χ1v) is 5.14. The fraction of sp³-hybridized carbons (Fsp3) is 0.333. The Balaban J connectivity index is 3.08. The summed E-state index contributed by atoms with van der Waals surface area (Å²) in [5.74, 6) is -1.00. The van der Waals surface area contributed by atoms with Crippen LogP contribution in [0, 0.1) is 0 Å². The number of hydrogen-bond acceptors (Lipinski definition) is 3. The summed E-state index contributed by atoms with van der Waals surface area (Å²) in [5, 5.41) is 9.03. The highest BCUT2D eigenvalue weighted by atomic mass is 16.4. The molecule has 0 unspecified atom stereocenters. The van der Waals surface area contributed by atoms with Gasteiger partial charge in [0.05, 0.1) is 5.69 Å². The van der Waals surface area contributed by atoms with Gasteiger partial charge in [-0.1, -0.05) is 12.2 Å². The minimum Gasteiger partial charge on any atom is -0.476 e. The molecule has 0 spiro atoms. The Labute approximate surface area is 95.2 Å². The standard InChI is InChI=1S/C12H16N2O2/c1-4-14(8-9(2)3)10-6-5-7-13-11(10)12(15)16/h5-7H,2,4,8H2,1,3H3,(H,15,16). The van der Waals surface area contributed by atoms with Crippen molar-refractivity contribution in [1.82, 2.24) is 4.98 Å². The molecule has 1 heterocycles. The molecule has 4 heteroatoms. The van der Waals surface area contributed by atoms with E-state index in [0.717, 1.165) is 12.1 Å². The van der Waals surface area contributed by atoms with Crippen LogP contribution in [-0.4, -0.2) is 29.1 Å². The molecular formula is C12H16N2O2.